The molecule has 0 saturated carbocycles. The molecule has 1 rings (SSSR count). The second-order valence-corrected chi connectivity index (χ2v) is 7.39. The second-order valence-electron chi connectivity index (χ2n) is 7.39. The fourth-order valence-corrected chi connectivity index (χ4v) is 3.63. The Balaban J connectivity index is 2.78. The van der Waals surface area contributed by atoms with E-state index in [0.717, 1.165) is 6.42 Å². The van der Waals surface area contributed by atoms with Gasteiger partial charge >= 0.3 is 5.97 Å². The summed E-state index contributed by atoms with van der Waals surface area (Å²) in [5.41, 5.74) is 5.59. The zero-order valence-electron chi connectivity index (χ0n) is 16.1. The van der Waals surface area contributed by atoms with Crippen LogP contribution < -0.4 is 5.73 Å². The molecule has 1 heterocycles. The number of amides is 2. The first-order valence-electron chi connectivity index (χ1n) is 9.56. The van der Waals surface area contributed by atoms with Crippen molar-refractivity contribution in [1.82, 2.24) is 4.90 Å². The van der Waals surface area contributed by atoms with Gasteiger partial charge in [0.1, 0.15) is 0 Å². The van der Waals surface area contributed by atoms with E-state index in [2.05, 4.69) is 13.8 Å². The van der Waals surface area contributed by atoms with E-state index in [0.29, 0.717) is 51.3 Å². The summed E-state index contributed by atoms with van der Waals surface area (Å²) in [5, 5.41) is 0. The highest BCUT2D eigenvalue weighted by Crippen LogP contribution is 2.29. The standard InChI is InChI=1S/C19H34N2O4/c1-5-7-15(17(20)22)16(12-13(3)4)18(23)21-10-8-14(9-11-21)19(24)25-6-2/h13-16H,5-12H2,1-4H3,(H2,20,22)/t15-,16?/m0/s1. The monoisotopic (exact) mass is 354 g/mol. The van der Waals surface area contributed by atoms with Gasteiger partial charge in [0.25, 0.3) is 0 Å². The van der Waals surface area contributed by atoms with Gasteiger partial charge in [-0.15, -0.1) is 0 Å². The Morgan fingerprint density at radius 2 is 1.72 bits per heavy atom. The van der Waals surface area contributed by atoms with E-state index in [4.69, 9.17) is 10.5 Å². The van der Waals surface area contributed by atoms with Gasteiger partial charge in [0.2, 0.25) is 11.8 Å². The number of nitrogens with two attached hydrogens (primary N) is 1. The number of hydrogen-bond donors (Lipinski definition) is 1. The van der Waals surface area contributed by atoms with Crippen molar-refractivity contribution in [1.29, 1.82) is 0 Å². The quantitative estimate of drug-likeness (QED) is 0.644. The fourth-order valence-electron chi connectivity index (χ4n) is 3.63. The SMILES string of the molecule is CCC[C@H](C(N)=O)C(CC(C)C)C(=O)N1CCC(C(=O)OCC)CC1. The van der Waals surface area contributed by atoms with Gasteiger partial charge < -0.3 is 15.4 Å². The van der Waals surface area contributed by atoms with Crippen molar-refractivity contribution in [3.8, 4) is 0 Å². The smallest absolute Gasteiger partial charge is 0.309 e. The van der Waals surface area contributed by atoms with Crippen LogP contribution in [0.3, 0.4) is 0 Å². The molecule has 0 aromatic carbocycles. The first-order valence-corrected chi connectivity index (χ1v) is 9.56. The van der Waals surface area contributed by atoms with Crippen LogP contribution in [0.4, 0.5) is 0 Å². The number of likely N-dealkylation sites (tertiary alicyclic amines) is 1. The largest absolute Gasteiger partial charge is 0.466 e. The molecular formula is C19H34N2O4. The van der Waals surface area contributed by atoms with Gasteiger partial charge in [0.05, 0.1) is 12.5 Å². The molecule has 2 atom stereocenters. The Morgan fingerprint density at radius 1 is 1.12 bits per heavy atom. The van der Waals surface area contributed by atoms with Crippen molar-refractivity contribution in [3.05, 3.63) is 0 Å². The van der Waals surface area contributed by atoms with Crippen molar-refractivity contribution in [2.45, 2.75) is 59.8 Å². The van der Waals surface area contributed by atoms with Crippen molar-refractivity contribution < 1.29 is 19.1 Å². The van der Waals surface area contributed by atoms with Gasteiger partial charge in [0.15, 0.2) is 0 Å². The Morgan fingerprint density at radius 3 is 2.16 bits per heavy atom. The molecule has 0 bridgehead atoms. The van der Waals surface area contributed by atoms with Crippen LogP contribution in [-0.4, -0.2) is 42.4 Å². The van der Waals surface area contributed by atoms with E-state index >= 15 is 0 Å². The number of rotatable bonds is 9. The zero-order valence-corrected chi connectivity index (χ0v) is 16.1. The predicted octanol–water partition coefficient (Wildman–Crippen LogP) is 2.35. The summed E-state index contributed by atoms with van der Waals surface area (Å²) in [4.78, 5) is 38.6. The van der Waals surface area contributed by atoms with Crippen LogP contribution in [0.5, 0.6) is 0 Å². The predicted molar refractivity (Wildman–Crippen MR) is 96.5 cm³/mol. The number of carbonyl (C=O) groups is 3. The Bertz CT molecular complexity index is 456. The highest BCUT2D eigenvalue weighted by Gasteiger charge is 2.37. The van der Waals surface area contributed by atoms with Crippen molar-refractivity contribution in [3.63, 3.8) is 0 Å². The van der Waals surface area contributed by atoms with Crippen LogP contribution in [0.15, 0.2) is 0 Å². The van der Waals surface area contributed by atoms with E-state index in [1.54, 1.807) is 11.8 Å². The summed E-state index contributed by atoms with van der Waals surface area (Å²) in [6, 6.07) is 0. The molecule has 1 aliphatic heterocycles. The highest BCUT2D eigenvalue weighted by molar-refractivity contribution is 5.87. The number of primary amides is 1. The van der Waals surface area contributed by atoms with Crippen LogP contribution in [0, 0.1) is 23.7 Å². The molecule has 25 heavy (non-hydrogen) atoms. The number of piperidine rings is 1. The van der Waals surface area contributed by atoms with E-state index in [-0.39, 0.29) is 29.6 Å². The highest BCUT2D eigenvalue weighted by atomic mass is 16.5. The van der Waals surface area contributed by atoms with E-state index in [1.165, 1.54) is 0 Å². The summed E-state index contributed by atoms with van der Waals surface area (Å²) in [7, 11) is 0. The van der Waals surface area contributed by atoms with Gasteiger partial charge in [0, 0.05) is 24.9 Å². The van der Waals surface area contributed by atoms with Crippen LogP contribution in [-0.2, 0) is 19.1 Å². The second kappa shape index (κ2) is 10.4. The van der Waals surface area contributed by atoms with Crippen molar-refractivity contribution in [2.24, 2.45) is 29.4 Å². The molecule has 0 radical (unpaired) electrons. The third kappa shape index (κ3) is 6.33. The minimum absolute atomic E-state index is 0.00765. The third-order valence-electron chi connectivity index (χ3n) is 4.92. The van der Waals surface area contributed by atoms with E-state index in [9.17, 15) is 14.4 Å². The summed E-state index contributed by atoms with van der Waals surface area (Å²) in [6.45, 7) is 9.35. The molecule has 0 aromatic rings. The lowest BCUT2D eigenvalue weighted by molar-refractivity contribution is -0.152. The first kappa shape index (κ1) is 21.5. The number of carbonyl (C=O) groups excluding carboxylic acids is 3. The Kier molecular flexibility index (Phi) is 8.93. The molecule has 0 aromatic heterocycles. The summed E-state index contributed by atoms with van der Waals surface area (Å²) in [6.07, 6.45) is 3.35. The molecular weight excluding hydrogens is 320 g/mol. The molecule has 1 aliphatic rings. The molecule has 0 spiro atoms. The maximum absolute atomic E-state index is 13.1. The van der Waals surface area contributed by atoms with Gasteiger partial charge in [-0.25, -0.2) is 0 Å². The molecule has 1 unspecified atom stereocenters. The molecule has 0 aliphatic carbocycles. The molecule has 1 saturated heterocycles. The molecule has 144 valence electrons. The minimum atomic E-state index is -0.414. The lowest BCUT2D eigenvalue weighted by Gasteiger charge is -2.35. The lowest BCUT2D eigenvalue weighted by atomic mass is 9.81. The molecule has 1 fully saturated rings. The van der Waals surface area contributed by atoms with Crippen molar-refractivity contribution >= 4 is 17.8 Å². The summed E-state index contributed by atoms with van der Waals surface area (Å²) in [5.74, 6) is -1.15. The third-order valence-corrected chi connectivity index (χ3v) is 4.92. The normalized spacial score (nSPS) is 18.0. The lowest BCUT2D eigenvalue weighted by Crippen LogP contribution is -2.47. The van der Waals surface area contributed by atoms with Crippen LogP contribution in [0.1, 0.15) is 59.8 Å². The van der Waals surface area contributed by atoms with Gasteiger partial charge in [-0.3, -0.25) is 14.4 Å². The molecule has 2 N–H and O–H groups in total. The van der Waals surface area contributed by atoms with Crippen LogP contribution in [0.2, 0.25) is 0 Å². The van der Waals surface area contributed by atoms with E-state index < -0.39 is 5.92 Å². The summed E-state index contributed by atoms with van der Waals surface area (Å²) < 4.78 is 5.08. The number of ether oxygens (including phenoxy) is 1. The first-order chi connectivity index (χ1) is 11.8. The maximum Gasteiger partial charge on any atom is 0.309 e. The maximum atomic E-state index is 13.1. The van der Waals surface area contributed by atoms with Crippen molar-refractivity contribution in [2.75, 3.05) is 19.7 Å². The van der Waals surface area contributed by atoms with Gasteiger partial charge in [-0.2, -0.15) is 0 Å². The summed E-state index contributed by atoms with van der Waals surface area (Å²) >= 11 is 0. The average molecular weight is 354 g/mol. The van der Waals surface area contributed by atoms with Crippen LogP contribution >= 0.6 is 0 Å². The van der Waals surface area contributed by atoms with Gasteiger partial charge in [-0.05, 0) is 38.5 Å². The fraction of sp³-hybridized carbons (Fsp3) is 0.842. The Labute approximate surface area is 151 Å². The minimum Gasteiger partial charge on any atom is -0.466 e. The number of nitrogens with zero attached hydrogens (tertiary/aromatic N) is 1. The Hall–Kier alpha value is -1.59. The number of esters is 1. The zero-order chi connectivity index (χ0) is 19.0. The average Bonchev–Trinajstić information content (AvgIpc) is 2.57. The molecule has 6 heteroatoms. The van der Waals surface area contributed by atoms with Crippen LogP contribution in [0.25, 0.3) is 0 Å². The molecule has 2 amide bonds. The topological polar surface area (TPSA) is 89.7 Å². The van der Waals surface area contributed by atoms with Gasteiger partial charge in [-0.1, -0.05) is 27.2 Å². The van der Waals surface area contributed by atoms with E-state index in [1.807, 2.05) is 6.92 Å². The molecule has 6 nitrogen and oxygen atoms in total. The number of hydrogen-bond acceptors (Lipinski definition) is 4.